The van der Waals surface area contributed by atoms with Crippen molar-refractivity contribution in [1.29, 1.82) is 0 Å². The molecule has 1 saturated heterocycles. The fourth-order valence-electron chi connectivity index (χ4n) is 2.66. The SMILES string of the molecule is O=C(C1CC=CC1)N1CCN(c2ncccn2)CC1. The minimum Gasteiger partial charge on any atom is -0.339 e. The van der Waals surface area contributed by atoms with Gasteiger partial charge >= 0.3 is 0 Å². The molecule has 0 saturated carbocycles. The van der Waals surface area contributed by atoms with E-state index in [-0.39, 0.29) is 5.92 Å². The maximum atomic E-state index is 12.3. The van der Waals surface area contributed by atoms with Crippen molar-refractivity contribution in [2.75, 3.05) is 31.1 Å². The second-order valence-electron chi connectivity index (χ2n) is 5.00. The number of carbonyl (C=O) groups is 1. The van der Waals surface area contributed by atoms with Crippen molar-refractivity contribution >= 4 is 11.9 Å². The van der Waals surface area contributed by atoms with Gasteiger partial charge in [0.25, 0.3) is 0 Å². The molecule has 1 amide bonds. The lowest BCUT2D eigenvalue weighted by Crippen LogP contribution is -2.50. The molecule has 2 aliphatic rings. The lowest BCUT2D eigenvalue weighted by Gasteiger charge is -2.35. The van der Waals surface area contributed by atoms with Crippen LogP contribution in [0.15, 0.2) is 30.6 Å². The summed E-state index contributed by atoms with van der Waals surface area (Å²) < 4.78 is 0. The molecule has 0 atom stereocenters. The maximum absolute atomic E-state index is 12.3. The van der Waals surface area contributed by atoms with E-state index in [1.54, 1.807) is 12.4 Å². The molecule has 0 aromatic carbocycles. The molecule has 1 aromatic heterocycles. The van der Waals surface area contributed by atoms with Gasteiger partial charge in [-0.05, 0) is 18.9 Å². The molecule has 5 nitrogen and oxygen atoms in total. The van der Waals surface area contributed by atoms with Gasteiger partial charge < -0.3 is 9.80 Å². The van der Waals surface area contributed by atoms with Crippen molar-refractivity contribution in [3.05, 3.63) is 30.6 Å². The van der Waals surface area contributed by atoms with Crippen LogP contribution >= 0.6 is 0 Å². The first-order valence-corrected chi connectivity index (χ1v) is 6.80. The summed E-state index contributed by atoms with van der Waals surface area (Å²) in [6.07, 6.45) is 9.53. The molecule has 1 aromatic rings. The first kappa shape index (κ1) is 12.1. The monoisotopic (exact) mass is 258 g/mol. The van der Waals surface area contributed by atoms with Crippen LogP contribution in [-0.2, 0) is 4.79 Å². The Morgan fingerprint density at radius 1 is 1.05 bits per heavy atom. The van der Waals surface area contributed by atoms with Crippen LogP contribution in [0.1, 0.15) is 12.8 Å². The molecule has 0 radical (unpaired) electrons. The Bertz CT molecular complexity index is 458. The molecule has 2 heterocycles. The highest BCUT2D eigenvalue weighted by Crippen LogP contribution is 2.21. The van der Waals surface area contributed by atoms with Gasteiger partial charge in [0.1, 0.15) is 0 Å². The van der Waals surface area contributed by atoms with E-state index in [0.717, 1.165) is 45.0 Å². The van der Waals surface area contributed by atoms with Crippen LogP contribution in [0.2, 0.25) is 0 Å². The molecule has 5 heteroatoms. The van der Waals surface area contributed by atoms with Crippen LogP contribution in [0.5, 0.6) is 0 Å². The molecule has 100 valence electrons. The molecule has 1 fully saturated rings. The minimum absolute atomic E-state index is 0.180. The van der Waals surface area contributed by atoms with E-state index in [1.165, 1.54) is 0 Å². The highest BCUT2D eigenvalue weighted by Gasteiger charge is 2.28. The molecule has 0 unspecified atom stereocenters. The Hall–Kier alpha value is -1.91. The highest BCUT2D eigenvalue weighted by atomic mass is 16.2. The van der Waals surface area contributed by atoms with Gasteiger partial charge in [-0.15, -0.1) is 0 Å². The van der Waals surface area contributed by atoms with E-state index < -0.39 is 0 Å². The predicted octanol–water partition coefficient (Wildman–Crippen LogP) is 1.09. The minimum atomic E-state index is 0.180. The van der Waals surface area contributed by atoms with Gasteiger partial charge in [0.2, 0.25) is 11.9 Å². The van der Waals surface area contributed by atoms with Gasteiger partial charge in [-0.25, -0.2) is 9.97 Å². The molecule has 0 bridgehead atoms. The van der Waals surface area contributed by atoms with Crippen LogP contribution < -0.4 is 4.90 Å². The van der Waals surface area contributed by atoms with Crippen molar-refractivity contribution in [2.45, 2.75) is 12.8 Å². The van der Waals surface area contributed by atoms with E-state index >= 15 is 0 Å². The number of amides is 1. The Balaban J connectivity index is 1.56. The summed E-state index contributed by atoms with van der Waals surface area (Å²) in [6, 6.07) is 1.82. The molecule has 0 N–H and O–H groups in total. The van der Waals surface area contributed by atoms with Crippen LogP contribution in [0.4, 0.5) is 5.95 Å². The topological polar surface area (TPSA) is 49.3 Å². The van der Waals surface area contributed by atoms with Crippen LogP contribution in [0, 0.1) is 5.92 Å². The number of hydrogen-bond acceptors (Lipinski definition) is 4. The van der Waals surface area contributed by atoms with Crippen molar-refractivity contribution in [3.8, 4) is 0 Å². The zero-order valence-corrected chi connectivity index (χ0v) is 10.9. The predicted molar refractivity (Wildman–Crippen MR) is 72.7 cm³/mol. The summed E-state index contributed by atoms with van der Waals surface area (Å²) in [6.45, 7) is 3.17. The second-order valence-corrected chi connectivity index (χ2v) is 5.00. The molecule has 3 rings (SSSR count). The van der Waals surface area contributed by atoms with Gasteiger partial charge in [0.05, 0.1) is 0 Å². The van der Waals surface area contributed by atoms with Gasteiger partial charge in [-0.3, -0.25) is 4.79 Å². The van der Waals surface area contributed by atoms with Crippen molar-refractivity contribution in [1.82, 2.24) is 14.9 Å². The summed E-state index contributed by atoms with van der Waals surface area (Å²) in [4.78, 5) is 24.9. The number of aromatic nitrogens is 2. The number of piperazine rings is 1. The zero-order chi connectivity index (χ0) is 13.1. The number of nitrogens with zero attached hydrogens (tertiary/aromatic N) is 4. The molecular formula is C14H18N4O. The molecule has 1 aliphatic heterocycles. The number of rotatable bonds is 2. The lowest BCUT2D eigenvalue weighted by atomic mass is 10.1. The largest absolute Gasteiger partial charge is 0.339 e. The van der Waals surface area contributed by atoms with E-state index in [2.05, 4.69) is 27.0 Å². The van der Waals surface area contributed by atoms with Gasteiger partial charge in [-0.1, -0.05) is 12.2 Å². The van der Waals surface area contributed by atoms with Crippen LogP contribution in [0.25, 0.3) is 0 Å². The fourth-order valence-corrected chi connectivity index (χ4v) is 2.66. The third-order valence-electron chi connectivity index (χ3n) is 3.78. The van der Waals surface area contributed by atoms with Gasteiger partial charge in [0.15, 0.2) is 0 Å². The number of allylic oxidation sites excluding steroid dienone is 2. The quantitative estimate of drug-likeness (QED) is 0.745. The average molecular weight is 258 g/mol. The smallest absolute Gasteiger partial charge is 0.226 e. The summed E-state index contributed by atoms with van der Waals surface area (Å²) >= 11 is 0. The van der Waals surface area contributed by atoms with Crippen LogP contribution in [0.3, 0.4) is 0 Å². The normalized spacial score (nSPS) is 20.0. The van der Waals surface area contributed by atoms with Gasteiger partial charge in [0, 0.05) is 44.5 Å². The van der Waals surface area contributed by atoms with Crippen LogP contribution in [-0.4, -0.2) is 47.0 Å². The highest BCUT2D eigenvalue weighted by molar-refractivity contribution is 5.80. The summed E-state index contributed by atoms with van der Waals surface area (Å²) in [5, 5.41) is 0. The Labute approximate surface area is 113 Å². The van der Waals surface area contributed by atoms with E-state index in [0.29, 0.717) is 5.91 Å². The summed E-state index contributed by atoms with van der Waals surface area (Å²) in [5.74, 6) is 1.25. The Morgan fingerprint density at radius 2 is 1.68 bits per heavy atom. The average Bonchev–Trinajstić information content (AvgIpc) is 3.02. The number of carbonyl (C=O) groups excluding carboxylic acids is 1. The zero-order valence-electron chi connectivity index (χ0n) is 10.9. The van der Waals surface area contributed by atoms with E-state index in [9.17, 15) is 4.79 Å². The number of anilines is 1. The fraction of sp³-hybridized carbons (Fsp3) is 0.500. The molecule has 1 aliphatic carbocycles. The first-order valence-electron chi connectivity index (χ1n) is 6.80. The number of hydrogen-bond donors (Lipinski definition) is 0. The van der Waals surface area contributed by atoms with Crippen molar-refractivity contribution in [2.24, 2.45) is 5.92 Å². The summed E-state index contributed by atoms with van der Waals surface area (Å²) in [7, 11) is 0. The lowest BCUT2D eigenvalue weighted by molar-refractivity contribution is -0.135. The third-order valence-corrected chi connectivity index (χ3v) is 3.78. The summed E-state index contributed by atoms with van der Waals surface area (Å²) in [5.41, 5.74) is 0. The molecule has 0 spiro atoms. The van der Waals surface area contributed by atoms with Crippen molar-refractivity contribution in [3.63, 3.8) is 0 Å². The van der Waals surface area contributed by atoms with Crippen molar-refractivity contribution < 1.29 is 4.79 Å². The van der Waals surface area contributed by atoms with E-state index in [1.807, 2.05) is 11.0 Å². The first-order chi connectivity index (χ1) is 9.34. The van der Waals surface area contributed by atoms with E-state index in [4.69, 9.17) is 0 Å². The Kier molecular flexibility index (Phi) is 3.44. The molecule has 19 heavy (non-hydrogen) atoms. The standard InChI is InChI=1S/C14H18N4O/c19-13(12-4-1-2-5-12)17-8-10-18(11-9-17)14-15-6-3-7-16-14/h1-3,6-7,12H,4-5,8-11H2. The molecular weight excluding hydrogens is 240 g/mol. The maximum Gasteiger partial charge on any atom is 0.226 e. The third kappa shape index (κ3) is 2.59. The van der Waals surface area contributed by atoms with Gasteiger partial charge in [-0.2, -0.15) is 0 Å². The Morgan fingerprint density at radius 3 is 2.32 bits per heavy atom. The second kappa shape index (κ2) is 5.38.